The number of urea groups is 1. The van der Waals surface area contributed by atoms with Crippen LogP contribution in [-0.4, -0.2) is 65.0 Å². The van der Waals surface area contributed by atoms with Crippen LogP contribution in [0.1, 0.15) is 32.6 Å². The molecule has 130 valence electrons. The van der Waals surface area contributed by atoms with Crippen LogP contribution in [0.25, 0.3) is 0 Å². The number of likely N-dealkylation sites (N-methyl/N-ethyl adjacent to an activating group) is 1. The van der Waals surface area contributed by atoms with Crippen LogP contribution < -0.4 is 4.90 Å². The van der Waals surface area contributed by atoms with Crippen LogP contribution in [0.5, 0.6) is 0 Å². The van der Waals surface area contributed by atoms with Crippen LogP contribution in [0.15, 0.2) is 4.34 Å². The minimum Gasteiger partial charge on any atom is -0.382 e. The highest BCUT2D eigenvalue weighted by molar-refractivity contribution is 8.01. The number of hydrogen-bond acceptors (Lipinski definition) is 7. The van der Waals surface area contributed by atoms with Gasteiger partial charge in [0.2, 0.25) is 5.13 Å². The molecule has 0 radical (unpaired) electrons. The van der Waals surface area contributed by atoms with Crippen molar-refractivity contribution in [2.24, 2.45) is 0 Å². The zero-order valence-electron chi connectivity index (χ0n) is 13.8. The molecule has 1 aliphatic rings. The lowest BCUT2D eigenvalue weighted by Crippen LogP contribution is -2.39. The molecule has 7 nitrogen and oxygen atoms in total. The van der Waals surface area contributed by atoms with Gasteiger partial charge in [0, 0.05) is 19.9 Å². The summed E-state index contributed by atoms with van der Waals surface area (Å²) in [5.41, 5.74) is 0. The van der Waals surface area contributed by atoms with E-state index in [0.717, 1.165) is 16.5 Å². The maximum atomic E-state index is 12.3. The summed E-state index contributed by atoms with van der Waals surface area (Å²) in [6.45, 7) is 2.47. The van der Waals surface area contributed by atoms with Gasteiger partial charge in [0.15, 0.2) is 10.6 Å². The van der Waals surface area contributed by atoms with Crippen molar-refractivity contribution in [3.05, 3.63) is 0 Å². The second-order valence-corrected chi connectivity index (χ2v) is 7.76. The predicted molar refractivity (Wildman–Crippen MR) is 92.1 cm³/mol. The number of carbonyl (C=O) groups is 1. The molecule has 0 aliphatic carbocycles. The van der Waals surface area contributed by atoms with Crippen molar-refractivity contribution in [3.8, 4) is 0 Å². The number of carbonyl (C=O) groups excluding carboxylic acids is 1. The third-order valence-electron chi connectivity index (χ3n) is 3.78. The van der Waals surface area contributed by atoms with Crippen molar-refractivity contribution in [1.82, 2.24) is 15.1 Å². The molecule has 0 aromatic carbocycles. The Bertz CT molecular complexity index is 514. The summed E-state index contributed by atoms with van der Waals surface area (Å²) in [5.74, 6) is 0.997. The summed E-state index contributed by atoms with van der Waals surface area (Å²) in [6, 6.07) is -0.684. The molecule has 23 heavy (non-hydrogen) atoms. The number of ether oxygens (including phenoxy) is 1. The van der Waals surface area contributed by atoms with Gasteiger partial charge in [-0.05, 0) is 6.42 Å². The van der Waals surface area contributed by atoms with Gasteiger partial charge in [-0.25, -0.2) is 9.69 Å². The molecule has 2 unspecified atom stereocenters. The van der Waals surface area contributed by atoms with Gasteiger partial charge < -0.3 is 14.7 Å². The summed E-state index contributed by atoms with van der Waals surface area (Å²) < 4.78 is 5.90. The van der Waals surface area contributed by atoms with Gasteiger partial charge >= 0.3 is 6.03 Å². The van der Waals surface area contributed by atoms with Gasteiger partial charge in [-0.15, -0.1) is 10.2 Å². The van der Waals surface area contributed by atoms with Crippen molar-refractivity contribution in [1.29, 1.82) is 0 Å². The summed E-state index contributed by atoms with van der Waals surface area (Å²) in [5, 5.41) is 19.0. The molecule has 2 amide bonds. The van der Waals surface area contributed by atoms with E-state index in [1.165, 1.54) is 40.4 Å². The number of aliphatic hydroxyl groups is 1. The summed E-state index contributed by atoms with van der Waals surface area (Å²) in [6.07, 6.45) is 3.88. The maximum absolute atomic E-state index is 12.3. The molecule has 1 fully saturated rings. The number of nitrogens with zero attached hydrogens (tertiary/aromatic N) is 4. The molecule has 0 bridgehead atoms. The van der Waals surface area contributed by atoms with E-state index in [9.17, 15) is 9.90 Å². The Hall–Kier alpha value is -0.900. The number of methoxy groups -OCH3 is 1. The second-order valence-electron chi connectivity index (χ2n) is 5.46. The molecule has 9 heteroatoms. The van der Waals surface area contributed by atoms with Gasteiger partial charge in [-0.2, -0.15) is 0 Å². The first-order chi connectivity index (χ1) is 11.1. The van der Waals surface area contributed by atoms with E-state index >= 15 is 0 Å². The maximum Gasteiger partial charge on any atom is 0.328 e. The van der Waals surface area contributed by atoms with Gasteiger partial charge in [0.05, 0.1) is 6.61 Å². The molecule has 2 heterocycles. The Morgan fingerprint density at radius 3 is 2.83 bits per heavy atom. The third-order valence-corrected chi connectivity index (χ3v) is 5.92. The van der Waals surface area contributed by atoms with Gasteiger partial charge in [0.25, 0.3) is 0 Å². The molecular weight excluding hydrogens is 336 g/mol. The van der Waals surface area contributed by atoms with Crippen LogP contribution in [0.2, 0.25) is 0 Å². The van der Waals surface area contributed by atoms with Crippen LogP contribution in [0, 0.1) is 0 Å². The van der Waals surface area contributed by atoms with E-state index < -0.39 is 12.3 Å². The monoisotopic (exact) mass is 360 g/mol. The Balaban J connectivity index is 1.95. The fraction of sp³-hybridized carbons (Fsp3) is 0.786. The Morgan fingerprint density at radius 2 is 2.13 bits per heavy atom. The topological polar surface area (TPSA) is 78.8 Å². The number of amides is 2. The van der Waals surface area contributed by atoms with E-state index in [4.69, 9.17) is 4.74 Å². The first-order valence-electron chi connectivity index (χ1n) is 7.79. The Kier molecular flexibility index (Phi) is 7.07. The summed E-state index contributed by atoms with van der Waals surface area (Å²) >= 11 is 2.99. The van der Waals surface area contributed by atoms with Crippen LogP contribution in [0.4, 0.5) is 9.93 Å². The summed E-state index contributed by atoms with van der Waals surface area (Å²) in [4.78, 5) is 15.1. The van der Waals surface area contributed by atoms with Crippen molar-refractivity contribution in [2.45, 2.75) is 49.2 Å². The number of aliphatic hydroxyl groups excluding tert-OH is 1. The number of hydrogen-bond donors (Lipinski definition) is 1. The van der Waals surface area contributed by atoms with E-state index in [1.54, 1.807) is 25.9 Å². The number of unbranched alkanes of at least 4 members (excludes halogenated alkanes) is 3. The van der Waals surface area contributed by atoms with E-state index in [0.29, 0.717) is 5.13 Å². The highest BCUT2D eigenvalue weighted by atomic mass is 32.2. The van der Waals surface area contributed by atoms with Crippen molar-refractivity contribution >= 4 is 34.3 Å². The third kappa shape index (κ3) is 4.34. The highest BCUT2D eigenvalue weighted by Crippen LogP contribution is 2.33. The van der Waals surface area contributed by atoms with Crippen molar-refractivity contribution in [2.75, 3.05) is 31.4 Å². The number of rotatable bonds is 9. The van der Waals surface area contributed by atoms with Crippen LogP contribution in [-0.2, 0) is 4.74 Å². The van der Waals surface area contributed by atoms with Crippen LogP contribution >= 0.6 is 23.1 Å². The molecule has 0 saturated carbocycles. The van der Waals surface area contributed by atoms with E-state index in [1.807, 2.05) is 0 Å². The van der Waals surface area contributed by atoms with E-state index in [2.05, 4.69) is 17.1 Å². The lowest BCUT2D eigenvalue weighted by molar-refractivity contribution is 0.0633. The fourth-order valence-electron chi connectivity index (χ4n) is 2.41. The Labute approximate surface area is 145 Å². The molecule has 1 saturated heterocycles. The SMILES string of the molecule is CCCCCCSc1nnc(N2C(=O)N(C)C(COC)C2O)s1. The van der Waals surface area contributed by atoms with Gasteiger partial charge in [-0.3, -0.25) is 0 Å². The number of anilines is 1. The molecule has 2 rings (SSSR count). The minimum absolute atomic E-state index is 0.276. The molecule has 1 aliphatic heterocycles. The number of thioether (sulfide) groups is 1. The molecular formula is C14H24N4O3S2. The molecule has 1 N–H and O–H groups in total. The average molecular weight is 361 g/mol. The molecule has 1 aromatic heterocycles. The first-order valence-corrected chi connectivity index (χ1v) is 9.59. The normalized spacial score (nSPS) is 21.5. The first kappa shape index (κ1) is 18.4. The summed E-state index contributed by atoms with van der Waals surface area (Å²) in [7, 11) is 3.20. The lowest BCUT2D eigenvalue weighted by atomic mass is 10.2. The smallest absolute Gasteiger partial charge is 0.328 e. The molecule has 1 aromatic rings. The highest BCUT2D eigenvalue weighted by Gasteiger charge is 2.45. The minimum atomic E-state index is -0.970. The van der Waals surface area contributed by atoms with E-state index in [-0.39, 0.29) is 12.6 Å². The lowest BCUT2D eigenvalue weighted by Gasteiger charge is -2.19. The second kappa shape index (κ2) is 8.81. The zero-order valence-corrected chi connectivity index (χ0v) is 15.4. The largest absolute Gasteiger partial charge is 0.382 e. The number of aromatic nitrogens is 2. The van der Waals surface area contributed by atoms with Gasteiger partial charge in [0.1, 0.15) is 6.04 Å². The quantitative estimate of drug-likeness (QED) is 0.414. The zero-order chi connectivity index (χ0) is 16.8. The van der Waals surface area contributed by atoms with Gasteiger partial charge in [-0.1, -0.05) is 49.3 Å². The molecule has 0 spiro atoms. The average Bonchev–Trinajstić information content (AvgIpc) is 3.07. The van der Waals surface area contributed by atoms with Crippen molar-refractivity contribution < 1.29 is 14.6 Å². The molecule has 2 atom stereocenters. The van der Waals surface area contributed by atoms with Crippen molar-refractivity contribution in [3.63, 3.8) is 0 Å². The standard InChI is InChI=1S/C14H24N4O3S2/c1-4-5-6-7-8-22-13-16-15-12(23-13)18-11(19)10(9-21-3)17(2)14(18)20/h10-11,19H,4-9H2,1-3H3. The fourth-order valence-corrected chi connectivity index (χ4v) is 4.34. The Morgan fingerprint density at radius 1 is 1.35 bits per heavy atom. The predicted octanol–water partition coefficient (Wildman–Crippen LogP) is 2.42. The van der Waals surface area contributed by atoms with Crippen LogP contribution in [0.3, 0.4) is 0 Å².